The van der Waals surface area contributed by atoms with Crippen LogP contribution in [0.4, 0.5) is 5.69 Å². The maximum absolute atomic E-state index is 12.3. The molecule has 1 N–H and O–H groups in total. The molecule has 0 unspecified atom stereocenters. The van der Waals surface area contributed by atoms with E-state index in [0.717, 1.165) is 18.5 Å². The molecule has 1 aromatic carbocycles. The summed E-state index contributed by atoms with van der Waals surface area (Å²) in [6, 6.07) is 7.43. The van der Waals surface area contributed by atoms with Crippen molar-refractivity contribution in [1.29, 1.82) is 0 Å². The topological polar surface area (TPSA) is 38.3 Å². The number of carbonyl (C=O) groups is 1. The Labute approximate surface area is 125 Å². The van der Waals surface area contributed by atoms with Crippen molar-refractivity contribution in [3.05, 3.63) is 29.3 Å². The van der Waals surface area contributed by atoms with E-state index in [9.17, 15) is 4.79 Å². The SMILES string of the molecule is CCOC(=O)C1(Nc2ccc(Cl)cc2)CC(C(C)C)C1. The smallest absolute Gasteiger partial charge is 0.331 e. The molecule has 1 aliphatic rings. The fourth-order valence-corrected chi connectivity index (χ4v) is 2.83. The summed E-state index contributed by atoms with van der Waals surface area (Å²) in [6.45, 7) is 6.64. The maximum atomic E-state index is 12.3. The third-order valence-corrected chi connectivity index (χ3v) is 4.31. The number of ether oxygens (including phenoxy) is 1. The van der Waals surface area contributed by atoms with Crippen LogP contribution in [-0.2, 0) is 9.53 Å². The van der Waals surface area contributed by atoms with Crippen molar-refractivity contribution in [2.24, 2.45) is 11.8 Å². The molecule has 0 aliphatic heterocycles. The first kappa shape index (κ1) is 15.2. The molecule has 110 valence electrons. The van der Waals surface area contributed by atoms with Crippen LogP contribution >= 0.6 is 11.6 Å². The summed E-state index contributed by atoms with van der Waals surface area (Å²) >= 11 is 5.89. The predicted molar refractivity (Wildman–Crippen MR) is 82.0 cm³/mol. The lowest BCUT2D eigenvalue weighted by Gasteiger charge is -2.48. The Kier molecular flexibility index (Phi) is 4.59. The molecule has 1 aliphatic carbocycles. The quantitative estimate of drug-likeness (QED) is 0.831. The second kappa shape index (κ2) is 6.04. The summed E-state index contributed by atoms with van der Waals surface area (Å²) in [7, 11) is 0. The summed E-state index contributed by atoms with van der Waals surface area (Å²) in [4.78, 5) is 12.3. The molecule has 1 fully saturated rings. The van der Waals surface area contributed by atoms with E-state index in [1.165, 1.54) is 0 Å². The van der Waals surface area contributed by atoms with E-state index in [1.54, 1.807) is 0 Å². The molecule has 1 saturated carbocycles. The Morgan fingerprint density at radius 2 is 2.00 bits per heavy atom. The van der Waals surface area contributed by atoms with Crippen molar-refractivity contribution in [1.82, 2.24) is 0 Å². The van der Waals surface area contributed by atoms with Gasteiger partial charge < -0.3 is 10.1 Å². The Bertz CT molecular complexity index is 464. The monoisotopic (exact) mass is 295 g/mol. The van der Waals surface area contributed by atoms with E-state index in [-0.39, 0.29) is 5.97 Å². The number of halogens is 1. The molecule has 0 atom stereocenters. The number of hydrogen-bond acceptors (Lipinski definition) is 3. The van der Waals surface area contributed by atoms with Crippen LogP contribution in [0.2, 0.25) is 5.02 Å². The first-order chi connectivity index (χ1) is 9.47. The van der Waals surface area contributed by atoms with E-state index < -0.39 is 5.54 Å². The van der Waals surface area contributed by atoms with E-state index in [0.29, 0.717) is 23.5 Å². The molecule has 0 heterocycles. The number of anilines is 1. The van der Waals surface area contributed by atoms with Gasteiger partial charge in [-0.1, -0.05) is 25.4 Å². The van der Waals surface area contributed by atoms with Gasteiger partial charge in [0.1, 0.15) is 5.54 Å². The highest BCUT2D eigenvalue weighted by molar-refractivity contribution is 6.30. The minimum Gasteiger partial charge on any atom is -0.464 e. The average molecular weight is 296 g/mol. The molecular formula is C16H22ClNO2. The number of carbonyl (C=O) groups excluding carboxylic acids is 1. The third kappa shape index (κ3) is 3.09. The van der Waals surface area contributed by atoms with E-state index in [2.05, 4.69) is 19.2 Å². The molecule has 0 spiro atoms. The number of benzene rings is 1. The summed E-state index contributed by atoms with van der Waals surface area (Å²) in [5, 5.41) is 4.04. The Balaban J connectivity index is 2.12. The van der Waals surface area contributed by atoms with Gasteiger partial charge in [-0.15, -0.1) is 0 Å². The molecule has 1 aromatic rings. The fourth-order valence-electron chi connectivity index (χ4n) is 2.71. The molecule has 0 saturated heterocycles. The van der Waals surface area contributed by atoms with Crippen molar-refractivity contribution in [2.45, 2.75) is 39.2 Å². The van der Waals surface area contributed by atoms with Gasteiger partial charge >= 0.3 is 5.97 Å². The Hall–Kier alpha value is -1.22. The molecule has 3 nitrogen and oxygen atoms in total. The molecule has 2 rings (SSSR count). The van der Waals surface area contributed by atoms with E-state index in [1.807, 2.05) is 31.2 Å². The zero-order valence-corrected chi connectivity index (χ0v) is 13.0. The van der Waals surface area contributed by atoms with Gasteiger partial charge in [-0.25, -0.2) is 4.79 Å². The van der Waals surface area contributed by atoms with E-state index in [4.69, 9.17) is 16.3 Å². The number of hydrogen-bond donors (Lipinski definition) is 1. The second-order valence-corrected chi connectivity index (χ2v) is 6.28. The van der Waals surface area contributed by atoms with Crippen molar-refractivity contribution >= 4 is 23.3 Å². The van der Waals surface area contributed by atoms with Gasteiger partial charge in [-0.3, -0.25) is 0 Å². The zero-order valence-electron chi connectivity index (χ0n) is 12.3. The minimum atomic E-state index is -0.571. The van der Waals surface area contributed by atoms with Crippen molar-refractivity contribution < 1.29 is 9.53 Å². The summed E-state index contributed by atoms with van der Waals surface area (Å²) in [6.07, 6.45) is 1.65. The van der Waals surface area contributed by atoms with Crippen LogP contribution in [0, 0.1) is 11.8 Å². The van der Waals surface area contributed by atoms with Crippen molar-refractivity contribution in [3.8, 4) is 0 Å². The first-order valence-electron chi connectivity index (χ1n) is 7.18. The van der Waals surface area contributed by atoms with Crippen LogP contribution in [0.15, 0.2) is 24.3 Å². The molecule has 0 bridgehead atoms. The summed E-state index contributed by atoms with van der Waals surface area (Å²) < 4.78 is 5.25. The first-order valence-corrected chi connectivity index (χ1v) is 7.55. The van der Waals surface area contributed by atoms with Crippen LogP contribution in [0.5, 0.6) is 0 Å². The maximum Gasteiger partial charge on any atom is 0.331 e. The highest BCUT2D eigenvalue weighted by atomic mass is 35.5. The highest BCUT2D eigenvalue weighted by Gasteiger charge is 2.52. The van der Waals surface area contributed by atoms with Gasteiger partial charge in [0.15, 0.2) is 0 Å². The fraction of sp³-hybridized carbons (Fsp3) is 0.562. The van der Waals surface area contributed by atoms with Gasteiger partial charge in [0.2, 0.25) is 0 Å². The van der Waals surface area contributed by atoms with Crippen LogP contribution < -0.4 is 5.32 Å². The largest absolute Gasteiger partial charge is 0.464 e. The van der Waals surface area contributed by atoms with Gasteiger partial charge in [-0.2, -0.15) is 0 Å². The van der Waals surface area contributed by atoms with Gasteiger partial charge in [0, 0.05) is 10.7 Å². The lowest BCUT2D eigenvalue weighted by Crippen LogP contribution is -2.58. The molecule has 0 amide bonds. The molecule has 20 heavy (non-hydrogen) atoms. The molecule has 0 radical (unpaired) electrons. The third-order valence-electron chi connectivity index (χ3n) is 4.06. The van der Waals surface area contributed by atoms with Crippen LogP contribution in [-0.4, -0.2) is 18.1 Å². The number of nitrogens with one attached hydrogen (secondary N) is 1. The molecule has 4 heteroatoms. The standard InChI is InChI=1S/C16H22ClNO2/c1-4-20-15(19)16(9-12(10-16)11(2)3)18-14-7-5-13(17)6-8-14/h5-8,11-12,18H,4,9-10H2,1-3H3. The average Bonchev–Trinajstić information content (AvgIpc) is 2.35. The predicted octanol–water partition coefficient (Wildman–Crippen LogP) is 4.12. The number of rotatable bonds is 5. The summed E-state index contributed by atoms with van der Waals surface area (Å²) in [5.41, 5.74) is 0.336. The normalized spacial score (nSPS) is 25.1. The summed E-state index contributed by atoms with van der Waals surface area (Å²) in [5.74, 6) is 1.01. The number of esters is 1. The lowest BCUT2D eigenvalue weighted by molar-refractivity contribution is -0.154. The van der Waals surface area contributed by atoms with Crippen molar-refractivity contribution in [2.75, 3.05) is 11.9 Å². The lowest BCUT2D eigenvalue weighted by atomic mass is 9.64. The molecule has 0 aromatic heterocycles. The highest BCUT2D eigenvalue weighted by Crippen LogP contribution is 2.45. The van der Waals surface area contributed by atoms with Crippen LogP contribution in [0.3, 0.4) is 0 Å². The Morgan fingerprint density at radius 1 is 1.40 bits per heavy atom. The van der Waals surface area contributed by atoms with Crippen LogP contribution in [0.1, 0.15) is 33.6 Å². The van der Waals surface area contributed by atoms with Gasteiger partial charge in [-0.05, 0) is 55.9 Å². The second-order valence-electron chi connectivity index (χ2n) is 5.85. The van der Waals surface area contributed by atoms with Gasteiger partial charge in [0.05, 0.1) is 6.61 Å². The van der Waals surface area contributed by atoms with Crippen LogP contribution in [0.25, 0.3) is 0 Å². The van der Waals surface area contributed by atoms with Crippen molar-refractivity contribution in [3.63, 3.8) is 0 Å². The minimum absolute atomic E-state index is 0.146. The van der Waals surface area contributed by atoms with E-state index >= 15 is 0 Å². The zero-order chi connectivity index (χ0) is 14.8. The molecular weight excluding hydrogens is 274 g/mol. The van der Waals surface area contributed by atoms with Gasteiger partial charge in [0.25, 0.3) is 0 Å². The Morgan fingerprint density at radius 3 is 2.50 bits per heavy atom.